The number of rotatable bonds is 7. The van der Waals surface area contributed by atoms with Crippen LogP contribution in [0.3, 0.4) is 0 Å². The van der Waals surface area contributed by atoms with Crippen molar-refractivity contribution in [2.45, 2.75) is 20.1 Å². The molecule has 0 bridgehead atoms. The Morgan fingerprint density at radius 3 is 1.30 bits per heavy atom. The number of hydrogen-bond acceptors (Lipinski definition) is 8. The second-order valence-corrected chi connectivity index (χ2v) is 6.54. The van der Waals surface area contributed by atoms with Crippen molar-refractivity contribution >= 4 is 17.9 Å². The summed E-state index contributed by atoms with van der Waals surface area (Å²) in [5, 5.41) is 50.2. The van der Waals surface area contributed by atoms with Crippen LogP contribution in [0, 0.1) is 10.8 Å². The fourth-order valence-electron chi connectivity index (χ4n) is 1.35. The molecule has 1 aliphatic heterocycles. The lowest BCUT2D eigenvalue weighted by Crippen LogP contribution is -2.51. The van der Waals surface area contributed by atoms with Crippen LogP contribution in [0.25, 0.3) is 0 Å². The van der Waals surface area contributed by atoms with Crippen molar-refractivity contribution < 1.29 is 54.5 Å². The van der Waals surface area contributed by atoms with E-state index < -0.39 is 35.0 Å². The molecule has 11 nitrogen and oxygen atoms in total. The molecule has 0 radical (unpaired) electrons. The van der Waals surface area contributed by atoms with E-state index in [9.17, 15) is 14.4 Å². The van der Waals surface area contributed by atoms with Crippen LogP contribution in [0.5, 0.6) is 0 Å². The molecule has 1 heterocycles. The van der Waals surface area contributed by atoms with E-state index in [0.29, 0.717) is 0 Å². The van der Waals surface area contributed by atoms with Gasteiger partial charge in [-0.2, -0.15) is 0 Å². The van der Waals surface area contributed by atoms with Gasteiger partial charge in [0.05, 0.1) is 38.4 Å². The summed E-state index contributed by atoms with van der Waals surface area (Å²) in [5.41, 5.74) is -1.18. The second kappa shape index (κ2) is 17.3. The predicted molar refractivity (Wildman–Crippen MR) is 107 cm³/mol. The zero-order chi connectivity index (χ0) is 24.4. The highest BCUT2D eigenvalue weighted by molar-refractivity contribution is 5.79. The van der Waals surface area contributed by atoms with Crippen LogP contribution in [0.15, 0.2) is 38.0 Å². The molecule has 1 aliphatic rings. The number of ether oxygens (including phenoxy) is 2. The first-order valence-electron chi connectivity index (χ1n) is 8.43. The molecule has 0 aromatic rings. The molecule has 0 unspecified atom stereocenters. The van der Waals surface area contributed by atoms with Gasteiger partial charge in [0.2, 0.25) is 0 Å². The standard InChI is InChI=1S/C10H20O5.3C3H4O2/c1-9(2,3-11)8-14-6-10(4-12,5-13)7-15-8;3*1-2-3(4)5/h8,11-13H,3-7H2,1-2H3;3*2H,1H2,(H,4,5). The van der Waals surface area contributed by atoms with Gasteiger partial charge in [-0.1, -0.05) is 33.6 Å². The minimum atomic E-state index is -0.981. The average Bonchev–Trinajstić information content (AvgIpc) is 2.74. The molecule has 1 rings (SSSR count). The molecule has 174 valence electrons. The highest BCUT2D eigenvalue weighted by atomic mass is 16.7. The van der Waals surface area contributed by atoms with Crippen LogP contribution in [-0.4, -0.2) is 87.9 Å². The fraction of sp³-hybridized carbons (Fsp3) is 0.526. The van der Waals surface area contributed by atoms with Crippen molar-refractivity contribution in [3.63, 3.8) is 0 Å². The van der Waals surface area contributed by atoms with Crippen LogP contribution in [0.4, 0.5) is 0 Å². The Balaban J connectivity index is -0.000000400. The molecule has 0 spiro atoms. The molecule has 0 aliphatic carbocycles. The van der Waals surface area contributed by atoms with E-state index in [1.165, 1.54) is 0 Å². The first-order valence-corrected chi connectivity index (χ1v) is 8.43. The Bertz CT molecular complexity index is 498. The van der Waals surface area contributed by atoms with Gasteiger partial charge in [-0.25, -0.2) is 14.4 Å². The van der Waals surface area contributed by atoms with Gasteiger partial charge in [-0.3, -0.25) is 0 Å². The number of carboxylic acid groups (broad SMARTS) is 3. The number of hydrogen-bond donors (Lipinski definition) is 6. The lowest BCUT2D eigenvalue weighted by molar-refractivity contribution is -0.283. The van der Waals surface area contributed by atoms with Crippen molar-refractivity contribution in [1.82, 2.24) is 0 Å². The molecule has 0 saturated carbocycles. The Kier molecular flexibility index (Phi) is 18.5. The monoisotopic (exact) mass is 436 g/mol. The predicted octanol–water partition coefficient (Wildman–Crippen LogP) is 0.120. The van der Waals surface area contributed by atoms with Crippen LogP contribution < -0.4 is 0 Å². The lowest BCUT2D eigenvalue weighted by atomic mass is 9.88. The normalized spacial score (nSPS) is 14.7. The summed E-state index contributed by atoms with van der Waals surface area (Å²) in [5.74, 6) is -2.94. The van der Waals surface area contributed by atoms with Crippen molar-refractivity contribution in [1.29, 1.82) is 0 Å². The second-order valence-electron chi connectivity index (χ2n) is 6.54. The van der Waals surface area contributed by atoms with E-state index in [1.54, 1.807) is 0 Å². The zero-order valence-electron chi connectivity index (χ0n) is 17.2. The molecule has 0 atom stereocenters. The van der Waals surface area contributed by atoms with E-state index in [4.69, 9.17) is 40.1 Å². The topological polar surface area (TPSA) is 191 Å². The van der Waals surface area contributed by atoms with Gasteiger partial charge in [0.25, 0.3) is 0 Å². The molecule has 30 heavy (non-hydrogen) atoms. The summed E-state index contributed by atoms with van der Waals surface area (Å²) >= 11 is 0. The van der Waals surface area contributed by atoms with Gasteiger partial charge in [0.1, 0.15) is 0 Å². The van der Waals surface area contributed by atoms with Gasteiger partial charge in [-0.15, -0.1) is 0 Å². The summed E-state index contributed by atoms with van der Waals surface area (Å²) in [6.45, 7) is 12.7. The van der Waals surface area contributed by atoms with E-state index in [-0.39, 0.29) is 33.0 Å². The third kappa shape index (κ3) is 16.4. The summed E-state index contributed by atoms with van der Waals surface area (Å²) in [6, 6.07) is 0. The maximum atomic E-state index is 9.25. The van der Waals surface area contributed by atoms with E-state index in [1.807, 2.05) is 13.8 Å². The summed E-state index contributed by atoms with van der Waals surface area (Å²) in [6.07, 6.45) is 2.01. The molecule has 0 aromatic heterocycles. The molecule has 1 saturated heterocycles. The van der Waals surface area contributed by atoms with Crippen LogP contribution >= 0.6 is 0 Å². The Hall–Kier alpha value is -2.57. The summed E-state index contributed by atoms with van der Waals surface area (Å²) in [4.78, 5) is 27.8. The number of carbonyl (C=O) groups is 3. The highest BCUT2D eigenvalue weighted by Gasteiger charge is 2.41. The molecule has 0 aromatic carbocycles. The van der Waals surface area contributed by atoms with Crippen molar-refractivity contribution in [2.75, 3.05) is 33.0 Å². The smallest absolute Gasteiger partial charge is 0.327 e. The molecule has 11 heteroatoms. The maximum absolute atomic E-state index is 9.25. The van der Waals surface area contributed by atoms with Gasteiger partial charge >= 0.3 is 17.9 Å². The first-order chi connectivity index (χ1) is 13.8. The molecular formula is C19H32O11. The quantitative estimate of drug-likeness (QED) is 0.297. The van der Waals surface area contributed by atoms with E-state index in [0.717, 1.165) is 18.2 Å². The third-order valence-corrected chi connectivity index (χ3v) is 3.32. The van der Waals surface area contributed by atoms with Crippen LogP contribution in [0.1, 0.15) is 13.8 Å². The van der Waals surface area contributed by atoms with Gasteiger partial charge in [-0.05, 0) is 0 Å². The minimum Gasteiger partial charge on any atom is -0.478 e. The molecule has 0 amide bonds. The Morgan fingerprint density at radius 1 is 0.867 bits per heavy atom. The van der Waals surface area contributed by atoms with Crippen LogP contribution in [-0.2, 0) is 23.9 Å². The minimum absolute atomic E-state index is 0.0388. The van der Waals surface area contributed by atoms with Gasteiger partial charge in [0, 0.05) is 23.6 Å². The Labute approximate surface area is 175 Å². The number of aliphatic hydroxyl groups is 3. The van der Waals surface area contributed by atoms with Gasteiger partial charge < -0.3 is 40.1 Å². The fourth-order valence-corrected chi connectivity index (χ4v) is 1.35. The van der Waals surface area contributed by atoms with Crippen LogP contribution in [0.2, 0.25) is 0 Å². The summed E-state index contributed by atoms with van der Waals surface area (Å²) < 4.78 is 10.9. The maximum Gasteiger partial charge on any atom is 0.327 e. The molecular weight excluding hydrogens is 404 g/mol. The number of aliphatic hydroxyl groups excluding tert-OH is 3. The van der Waals surface area contributed by atoms with Crippen molar-refractivity contribution in [2.24, 2.45) is 10.8 Å². The lowest BCUT2D eigenvalue weighted by Gasteiger charge is -2.42. The molecule has 1 fully saturated rings. The number of aliphatic carboxylic acids is 3. The zero-order valence-corrected chi connectivity index (χ0v) is 17.2. The number of carboxylic acids is 3. The molecule has 6 N–H and O–H groups in total. The van der Waals surface area contributed by atoms with Crippen molar-refractivity contribution in [3.8, 4) is 0 Å². The average molecular weight is 436 g/mol. The van der Waals surface area contributed by atoms with E-state index in [2.05, 4.69) is 19.7 Å². The van der Waals surface area contributed by atoms with E-state index >= 15 is 0 Å². The summed E-state index contributed by atoms with van der Waals surface area (Å²) in [7, 11) is 0. The Morgan fingerprint density at radius 2 is 1.13 bits per heavy atom. The SMILES string of the molecule is C=CC(=O)O.C=CC(=O)O.C=CC(=O)O.CC(C)(CO)C1OCC(CO)(CO)CO1. The highest BCUT2D eigenvalue weighted by Crippen LogP contribution is 2.32. The first kappa shape index (κ1) is 32.1. The van der Waals surface area contributed by atoms with Gasteiger partial charge in [0.15, 0.2) is 6.29 Å². The third-order valence-electron chi connectivity index (χ3n) is 3.32. The largest absolute Gasteiger partial charge is 0.478 e. The van der Waals surface area contributed by atoms with Crippen molar-refractivity contribution in [3.05, 3.63) is 38.0 Å².